The summed E-state index contributed by atoms with van der Waals surface area (Å²) in [5.41, 5.74) is 7.50. The summed E-state index contributed by atoms with van der Waals surface area (Å²) in [7, 11) is 0. The van der Waals surface area contributed by atoms with E-state index in [9.17, 15) is 4.79 Å². The molecule has 2 aromatic rings. The summed E-state index contributed by atoms with van der Waals surface area (Å²) in [6.45, 7) is 1.85. The number of nitrogens with two attached hydrogens (primary N) is 1. The van der Waals surface area contributed by atoms with Crippen LogP contribution in [0.1, 0.15) is 15.9 Å². The molecule has 4 nitrogen and oxygen atoms in total. The van der Waals surface area contributed by atoms with Gasteiger partial charge >= 0.3 is 0 Å². The molecule has 0 radical (unpaired) electrons. The highest BCUT2D eigenvalue weighted by molar-refractivity contribution is 6.31. The molecule has 0 saturated carbocycles. The van der Waals surface area contributed by atoms with E-state index in [1.54, 1.807) is 24.3 Å². The molecular weight excluding hydrogens is 250 g/mol. The van der Waals surface area contributed by atoms with E-state index in [1.807, 2.05) is 6.92 Å². The van der Waals surface area contributed by atoms with E-state index >= 15 is 0 Å². The van der Waals surface area contributed by atoms with Crippen molar-refractivity contribution in [2.75, 3.05) is 11.1 Å². The first-order valence-electron chi connectivity index (χ1n) is 5.36. The number of amides is 1. The summed E-state index contributed by atoms with van der Waals surface area (Å²) in [5, 5.41) is 3.40. The molecule has 3 N–H and O–H groups in total. The summed E-state index contributed by atoms with van der Waals surface area (Å²) in [6, 6.07) is 8.48. The van der Waals surface area contributed by atoms with Gasteiger partial charge in [-0.1, -0.05) is 17.7 Å². The maximum atomic E-state index is 12.0. The minimum atomic E-state index is -0.241. The summed E-state index contributed by atoms with van der Waals surface area (Å²) >= 11 is 5.99. The smallest absolute Gasteiger partial charge is 0.255 e. The second-order valence-corrected chi connectivity index (χ2v) is 4.24. The third-order valence-electron chi connectivity index (χ3n) is 2.56. The van der Waals surface area contributed by atoms with Gasteiger partial charge in [-0.2, -0.15) is 0 Å². The molecule has 92 valence electrons. The summed E-state index contributed by atoms with van der Waals surface area (Å²) in [5.74, 6) is 0.0694. The Morgan fingerprint density at radius 1 is 1.39 bits per heavy atom. The number of rotatable bonds is 2. The molecule has 0 unspecified atom stereocenters. The monoisotopic (exact) mass is 261 g/mol. The Balaban J connectivity index is 2.24. The van der Waals surface area contributed by atoms with Crippen molar-refractivity contribution in [3.8, 4) is 0 Å². The minimum Gasteiger partial charge on any atom is -0.384 e. The minimum absolute atomic E-state index is 0.241. The van der Waals surface area contributed by atoms with Crippen LogP contribution < -0.4 is 11.1 Å². The largest absolute Gasteiger partial charge is 0.384 e. The molecule has 0 aliphatic carbocycles. The first kappa shape index (κ1) is 12.4. The van der Waals surface area contributed by atoms with E-state index < -0.39 is 0 Å². The Kier molecular flexibility index (Phi) is 3.48. The third kappa shape index (κ3) is 2.60. The predicted octanol–water partition coefficient (Wildman–Crippen LogP) is 2.88. The molecule has 2 rings (SSSR count). The first-order valence-corrected chi connectivity index (χ1v) is 5.73. The van der Waals surface area contributed by atoms with Crippen LogP contribution in [0.3, 0.4) is 0 Å². The van der Waals surface area contributed by atoms with Crippen molar-refractivity contribution in [3.05, 3.63) is 52.7 Å². The zero-order valence-corrected chi connectivity index (χ0v) is 10.5. The molecule has 0 spiro atoms. The van der Waals surface area contributed by atoms with Crippen molar-refractivity contribution in [1.82, 2.24) is 4.98 Å². The Morgan fingerprint density at radius 2 is 2.17 bits per heavy atom. The Morgan fingerprint density at radius 3 is 2.89 bits per heavy atom. The second kappa shape index (κ2) is 5.06. The van der Waals surface area contributed by atoms with Gasteiger partial charge < -0.3 is 11.1 Å². The van der Waals surface area contributed by atoms with E-state index in [-0.39, 0.29) is 5.91 Å². The van der Waals surface area contributed by atoms with Gasteiger partial charge in [-0.3, -0.25) is 4.79 Å². The van der Waals surface area contributed by atoms with E-state index in [1.165, 1.54) is 12.3 Å². The van der Waals surface area contributed by atoms with Gasteiger partial charge in [0.2, 0.25) is 0 Å². The van der Waals surface area contributed by atoms with Crippen LogP contribution in [0.2, 0.25) is 5.02 Å². The number of benzene rings is 1. The normalized spacial score (nSPS) is 10.1. The molecule has 1 aromatic carbocycles. The summed E-state index contributed by atoms with van der Waals surface area (Å²) < 4.78 is 0. The van der Waals surface area contributed by atoms with Gasteiger partial charge in [-0.25, -0.2) is 4.98 Å². The predicted molar refractivity (Wildman–Crippen MR) is 72.8 cm³/mol. The van der Waals surface area contributed by atoms with Crippen LogP contribution in [0.5, 0.6) is 0 Å². The summed E-state index contributed by atoms with van der Waals surface area (Å²) in [4.78, 5) is 15.8. The average molecular weight is 262 g/mol. The molecule has 0 fully saturated rings. The van der Waals surface area contributed by atoms with Crippen molar-refractivity contribution in [1.29, 1.82) is 0 Å². The number of carbonyl (C=O) groups is 1. The number of nitrogen functional groups attached to an aromatic ring is 1. The van der Waals surface area contributed by atoms with Crippen LogP contribution in [0.25, 0.3) is 0 Å². The SMILES string of the molecule is Cc1c(Cl)cccc1NC(=O)c1ccnc(N)c1. The Hall–Kier alpha value is -2.07. The van der Waals surface area contributed by atoms with Crippen LogP contribution in [0.4, 0.5) is 11.5 Å². The van der Waals surface area contributed by atoms with Gasteiger partial charge in [0, 0.05) is 22.5 Å². The maximum Gasteiger partial charge on any atom is 0.255 e. The highest BCUT2D eigenvalue weighted by Crippen LogP contribution is 2.23. The fourth-order valence-corrected chi connectivity index (χ4v) is 1.70. The lowest BCUT2D eigenvalue weighted by Gasteiger charge is -2.09. The van der Waals surface area contributed by atoms with Gasteiger partial charge in [-0.15, -0.1) is 0 Å². The lowest BCUT2D eigenvalue weighted by atomic mass is 10.2. The molecule has 0 aliphatic heterocycles. The molecule has 0 bridgehead atoms. The zero-order valence-electron chi connectivity index (χ0n) is 9.77. The number of aromatic nitrogens is 1. The van der Waals surface area contributed by atoms with E-state index in [0.717, 1.165) is 5.56 Å². The van der Waals surface area contributed by atoms with Crippen molar-refractivity contribution >= 4 is 29.0 Å². The van der Waals surface area contributed by atoms with Gasteiger partial charge in [0.15, 0.2) is 0 Å². The zero-order chi connectivity index (χ0) is 13.1. The van der Waals surface area contributed by atoms with Gasteiger partial charge in [0.1, 0.15) is 5.82 Å². The highest BCUT2D eigenvalue weighted by Gasteiger charge is 2.09. The number of hydrogen-bond acceptors (Lipinski definition) is 3. The number of carbonyl (C=O) groups excluding carboxylic acids is 1. The molecule has 5 heteroatoms. The van der Waals surface area contributed by atoms with Crippen LogP contribution in [0.15, 0.2) is 36.5 Å². The van der Waals surface area contributed by atoms with Crippen LogP contribution in [0, 0.1) is 6.92 Å². The topological polar surface area (TPSA) is 68.0 Å². The lowest BCUT2D eigenvalue weighted by molar-refractivity contribution is 0.102. The third-order valence-corrected chi connectivity index (χ3v) is 2.97. The van der Waals surface area contributed by atoms with E-state index in [4.69, 9.17) is 17.3 Å². The first-order chi connectivity index (χ1) is 8.58. The molecule has 0 atom stereocenters. The van der Waals surface area contributed by atoms with Crippen molar-refractivity contribution in [2.24, 2.45) is 0 Å². The van der Waals surface area contributed by atoms with Gasteiger partial charge in [0.05, 0.1) is 0 Å². The number of anilines is 2. The average Bonchev–Trinajstić information content (AvgIpc) is 2.35. The van der Waals surface area contributed by atoms with Crippen LogP contribution >= 0.6 is 11.6 Å². The van der Waals surface area contributed by atoms with E-state index in [0.29, 0.717) is 22.1 Å². The number of nitrogens with one attached hydrogen (secondary N) is 1. The highest BCUT2D eigenvalue weighted by atomic mass is 35.5. The van der Waals surface area contributed by atoms with Crippen molar-refractivity contribution in [3.63, 3.8) is 0 Å². The number of hydrogen-bond donors (Lipinski definition) is 2. The number of pyridine rings is 1. The molecule has 0 aliphatic rings. The van der Waals surface area contributed by atoms with Crippen LogP contribution in [-0.4, -0.2) is 10.9 Å². The molecule has 1 amide bonds. The van der Waals surface area contributed by atoms with Crippen molar-refractivity contribution < 1.29 is 4.79 Å². The standard InChI is InChI=1S/C13H12ClN3O/c1-8-10(14)3-2-4-11(8)17-13(18)9-5-6-16-12(15)7-9/h2-7H,1H3,(H2,15,16)(H,17,18). The fourth-order valence-electron chi connectivity index (χ4n) is 1.53. The molecule has 1 heterocycles. The molecular formula is C13H12ClN3O. The number of halogens is 1. The van der Waals surface area contributed by atoms with Gasteiger partial charge in [-0.05, 0) is 36.8 Å². The fraction of sp³-hybridized carbons (Fsp3) is 0.0769. The number of nitrogens with zero attached hydrogens (tertiary/aromatic N) is 1. The van der Waals surface area contributed by atoms with Crippen molar-refractivity contribution in [2.45, 2.75) is 6.92 Å². The van der Waals surface area contributed by atoms with Gasteiger partial charge in [0.25, 0.3) is 5.91 Å². The molecule has 0 saturated heterocycles. The molecule has 18 heavy (non-hydrogen) atoms. The quantitative estimate of drug-likeness (QED) is 0.873. The Labute approximate surface area is 110 Å². The summed E-state index contributed by atoms with van der Waals surface area (Å²) in [6.07, 6.45) is 1.50. The maximum absolute atomic E-state index is 12.0. The lowest BCUT2D eigenvalue weighted by Crippen LogP contribution is -2.13. The van der Waals surface area contributed by atoms with Crippen LogP contribution in [-0.2, 0) is 0 Å². The molecule has 1 aromatic heterocycles. The van der Waals surface area contributed by atoms with E-state index in [2.05, 4.69) is 10.3 Å². The Bertz CT molecular complexity index is 599. The second-order valence-electron chi connectivity index (χ2n) is 3.84.